The molecular weight excluding hydrogens is 454 g/mol. The summed E-state index contributed by atoms with van der Waals surface area (Å²) in [6, 6.07) is 24.0. The third kappa shape index (κ3) is 5.13. The minimum absolute atomic E-state index is 0.00715. The highest BCUT2D eigenvalue weighted by Crippen LogP contribution is 2.42. The van der Waals surface area contributed by atoms with E-state index in [0.717, 1.165) is 16.2 Å². The second kappa shape index (κ2) is 8.80. The molecule has 3 N–H and O–H groups in total. The highest BCUT2D eigenvalue weighted by molar-refractivity contribution is 7.91. The summed E-state index contributed by atoms with van der Waals surface area (Å²) < 4.78 is 30.0. The van der Waals surface area contributed by atoms with Gasteiger partial charge in [-0.05, 0) is 41.6 Å². The van der Waals surface area contributed by atoms with Crippen molar-refractivity contribution in [1.29, 1.82) is 0 Å². The van der Waals surface area contributed by atoms with Crippen molar-refractivity contribution in [2.75, 3.05) is 0 Å². The minimum Gasteiger partial charge on any atom is -0.450 e. The van der Waals surface area contributed by atoms with Gasteiger partial charge in [0.25, 0.3) is 0 Å². The fraction of sp³-hybridized carbons (Fsp3) is 0.136. The largest absolute Gasteiger partial charge is 0.503 e. The van der Waals surface area contributed by atoms with Crippen molar-refractivity contribution in [2.45, 2.75) is 22.6 Å². The summed E-state index contributed by atoms with van der Waals surface area (Å²) in [4.78, 5) is 10.7. The summed E-state index contributed by atoms with van der Waals surface area (Å²) in [5, 5.41) is 15.1. The Kier molecular flexibility index (Phi) is 6.10. The molecule has 0 saturated heterocycles. The number of thiophene rings is 2. The molecule has 0 radical (unpaired) electrons. The summed E-state index contributed by atoms with van der Waals surface area (Å²) in [5.74, 6) is 0.281. The number of sulfonamides is 1. The first kappa shape index (κ1) is 21.5. The monoisotopic (exact) mass is 473 g/mol. The van der Waals surface area contributed by atoms with Crippen LogP contribution < -0.4 is 4.72 Å². The van der Waals surface area contributed by atoms with Crippen molar-refractivity contribution >= 4 is 48.9 Å². The number of hydrogen-bond acceptors (Lipinski definition) is 5. The fourth-order valence-corrected chi connectivity index (χ4v) is 7.11. The van der Waals surface area contributed by atoms with Crippen LogP contribution in [0, 0.1) is 0 Å². The number of carbonyl (C=O) groups is 1. The Balaban J connectivity index is 0.000000535. The first-order valence-electron chi connectivity index (χ1n) is 9.41. The van der Waals surface area contributed by atoms with E-state index in [2.05, 4.69) is 35.1 Å². The molecule has 0 amide bonds. The molecule has 160 valence electrons. The fourth-order valence-electron chi connectivity index (χ4n) is 3.35. The molecule has 6 nitrogen and oxygen atoms in total. The van der Waals surface area contributed by atoms with E-state index in [4.69, 9.17) is 15.0 Å². The van der Waals surface area contributed by atoms with Crippen LogP contribution in [0.4, 0.5) is 4.79 Å². The lowest BCUT2D eigenvalue weighted by molar-refractivity contribution is 0.137. The normalized spacial score (nSPS) is 17.7. The lowest BCUT2D eigenvalue weighted by atomic mass is 10.1. The van der Waals surface area contributed by atoms with Gasteiger partial charge in [-0.15, -0.1) is 22.7 Å². The molecule has 2 aromatic heterocycles. The van der Waals surface area contributed by atoms with Crippen molar-refractivity contribution in [3.63, 3.8) is 0 Å². The maximum atomic E-state index is 12.8. The zero-order chi connectivity index (χ0) is 22.0. The maximum absolute atomic E-state index is 12.8. The van der Waals surface area contributed by atoms with Crippen molar-refractivity contribution in [1.82, 2.24) is 4.72 Å². The van der Waals surface area contributed by atoms with E-state index in [1.165, 1.54) is 27.0 Å². The molecule has 0 spiro atoms. The molecule has 2 atom stereocenters. The maximum Gasteiger partial charge on any atom is 0.503 e. The zero-order valence-electron chi connectivity index (χ0n) is 16.1. The third-order valence-corrected chi connectivity index (χ3v) is 9.22. The van der Waals surface area contributed by atoms with E-state index in [1.54, 1.807) is 17.4 Å². The molecule has 1 aliphatic rings. The summed E-state index contributed by atoms with van der Waals surface area (Å²) >= 11 is 3.03. The number of rotatable bonds is 5. The number of nitrogens with one attached hydrogen (secondary N) is 1. The Hall–Kier alpha value is -2.72. The van der Waals surface area contributed by atoms with Crippen molar-refractivity contribution in [2.24, 2.45) is 0 Å². The molecule has 0 unspecified atom stereocenters. The minimum atomic E-state index is -3.48. The molecule has 2 aromatic carbocycles. The van der Waals surface area contributed by atoms with Crippen LogP contribution >= 0.6 is 22.7 Å². The number of hydrogen-bond donors (Lipinski definition) is 3. The quantitative estimate of drug-likeness (QED) is 0.346. The number of benzene rings is 2. The first-order chi connectivity index (χ1) is 14.8. The zero-order valence-corrected chi connectivity index (χ0v) is 18.6. The van der Waals surface area contributed by atoms with Gasteiger partial charge in [0.05, 0.1) is 0 Å². The van der Waals surface area contributed by atoms with Crippen LogP contribution in [0.1, 0.15) is 17.9 Å². The molecule has 9 heteroatoms. The predicted molar refractivity (Wildman–Crippen MR) is 124 cm³/mol. The standard InChI is InChI=1S/C21H17NO2S3.CH2O3/c23-27(24,22-17-13-16(17)14-6-2-1-3-7-14)21-11-10-19(26-21)20-12-15-8-4-5-9-18(15)25-20;2-1(3)4/h1-12,16-17,22H,13H2;(H2,2,3,4)/t16-,17+;/m1./s1. The number of fused-ring (bicyclic) bond motifs is 1. The average Bonchev–Trinajstić information content (AvgIpc) is 3.15. The first-order valence-corrected chi connectivity index (χ1v) is 12.5. The molecule has 1 saturated carbocycles. The van der Waals surface area contributed by atoms with Gasteiger partial charge in [-0.25, -0.2) is 17.9 Å². The topological polar surface area (TPSA) is 104 Å². The van der Waals surface area contributed by atoms with Gasteiger partial charge in [0, 0.05) is 26.4 Å². The van der Waals surface area contributed by atoms with Gasteiger partial charge in [0.15, 0.2) is 0 Å². The van der Waals surface area contributed by atoms with Gasteiger partial charge in [-0.3, -0.25) is 0 Å². The molecule has 1 aliphatic carbocycles. The smallest absolute Gasteiger partial charge is 0.450 e. The Labute approximate surface area is 187 Å². The summed E-state index contributed by atoms with van der Waals surface area (Å²) in [6.45, 7) is 0. The van der Waals surface area contributed by atoms with Crippen LogP contribution in [0.2, 0.25) is 0 Å². The Bertz CT molecular complexity index is 1270. The summed E-state index contributed by atoms with van der Waals surface area (Å²) in [7, 11) is -3.48. The van der Waals surface area contributed by atoms with Gasteiger partial charge in [-0.1, -0.05) is 48.5 Å². The molecule has 0 aliphatic heterocycles. The van der Waals surface area contributed by atoms with E-state index in [9.17, 15) is 8.42 Å². The van der Waals surface area contributed by atoms with Crippen molar-refractivity contribution in [3.05, 3.63) is 78.4 Å². The SMILES string of the molecule is O=C(O)O.O=S(=O)(N[C@H]1C[C@@H]1c1ccccc1)c1ccc(-c2cc3ccccc3s2)s1. The molecule has 2 heterocycles. The highest BCUT2D eigenvalue weighted by atomic mass is 32.2. The van der Waals surface area contributed by atoms with E-state index < -0.39 is 16.2 Å². The molecule has 31 heavy (non-hydrogen) atoms. The van der Waals surface area contributed by atoms with Crippen molar-refractivity contribution < 1.29 is 23.4 Å². The molecule has 4 aromatic rings. The Morgan fingerprint density at radius 1 is 0.903 bits per heavy atom. The summed E-state index contributed by atoms with van der Waals surface area (Å²) in [5.41, 5.74) is 1.20. The van der Waals surface area contributed by atoms with E-state index in [-0.39, 0.29) is 12.0 Å². The van der Waals surface area contributed by atoms with Gasteiger partial charge < -0.3 is 10.2 Å². The van der Waals surface area contributed by atoms with E-state index >= 15 is 0 Å². The molecule has 0 bridgehead atoms. The second-order valence-electron chi connectivity index (χ2n) is 7.03. The molecule has 1 fully saturated rings. The number of carboxylic acid groups (broad SMARTS) is 2. The van der Waals surface area contributed by atoms with Crippen LogP contribution in [0.5, 0.6) is 0 Å². The summed E-state index contributed by atoms with van der Waals surface area (Å²) in [6.07, 6.45) is -0.974. The lowest BCUT2D eigenvalue weighted by Gasteiger charge is -2.04. The second-order valence-corrected chi connectivity index (χ2v) is 11.1. The van der Waals surface area contributed by atoms with Gasteiger partial charge in [-0.2, -0.15) is 0 Å². The average molecular weight is 474 g/mol. The van der Waals surface area contributed by atoms with Crippen LogP contribution in [0.25, 0.3) is 19.8 Å². The highest BCUT2D eigenvalue weighted by Gasteiger charge is 2.41. The van der Waals surface area contributed by atoms with Crippen LogP contribution in [0.3, 0.4) is 0 Å². The lowest BCUT2D eigenvalue weighted by Crippen LogP contribution is -2.26. The van der Waals surface area contributed by atoms with E-state index in [0.29, 0.717) is 4.21 Å². The van der Waals surface area contributed by atoms with Gasteiger partial charge in [0.1, 0.15) is 4.21 Å². The van der Waals surface area contributed by atoms with Crippen LogP contribution in [-0.4, -0.2) is 30.8 Å². The molecule has 5 rings (SSSR count). The Morgan fingerprint density at radius 3 is 2.29 bits per heavy atom. The van der Waals surface area contributed by atoms with Gasteiger partial charge >= 0.3 is 6.16 Å². The Morgan fingerprint density at radius 2 is 1.58 bits per heavy atom. The predicted octanol–water partition coefficient (Wildman–Crippen LogP) is 5.69. The van der Waals surface area contributed by atoms with Crippen LogP contribution in [0.15, 0.2) is 77.0 Å². The third-order valence-electron chi connectivity index (χ3n) is 4.84. The van der Waals surface area contributed by atoms with Crippen molar-refractivity contribution in [3.8, 4) is 9.75 Å². The van der Waals surface area contributed by atoms with Gasteiger partial charge in [0.2, 0.25) is 10.0 Å². The van der Waals surface area contributed by atoms with Crippen LogP contribution in [-0.2, 0) is 10.0 Å². The molecular formula is C22H19NO5S3. The van der Waals surface area contributed by atoms with E-state index in [1.807, 2.05) is 36.4 Å².